The molecule has 0 radical (unpaired) electrons. The molecule has 2 heteroatoms. The van der Waals surface area contributed by atoms with Crippen LogP contribution in [0.5, 0.6) is 0 Å². The van der Waals surface area contributed by atoms with Crippen LogP contribution in [-0.2, 0) is 6.42 Å². The molecule has 0 aromatic heterocycles. The maximum absolute atomic E-state index is 3.43. The molecule has 0 bridgehead atoms. The van der Waals surface area contributed by atoms with Gasteiger partial charge >= 0.3 is 0 Å². The van der Waals surface area contributed by atoms with E-state index in [0.29, 0.717) is 0 Å². The second-order valence-corrected chi connectivity index (χ2v) is 7.45. The Morgan fingerprint density at radius 1 is 0.852 bits per heavy atom. The molecule has 1 aliphatic carbocycles. The van der Waals surface area contributed by atoms with Crippen molar-refractivity contribution in [3.05, 3.63) is 76.9 Å². The van der Waals surface area contributed by atoms with Crippen LogP contribution in [-0.4, -0.2) is 13.1 Å². The van der Waals surface area contributed by atoms with Gasteiger partial charge in [0.1, 0.15) is 0 Å². The number of nitrogens with zero attached hydrogens (tertiary/aromatic N) is 1. The highest BCUT2D eigenvalue weighted by molar-refractivity contribution is 5.82. The van der Waals surface area contributed by atoms with Crippen LogP contribution in [0.25, 0.3) is 11.1 Å². The van der Waals surface area contributed by atoms with Crippen molar-refractivity contribution in [2.24, 2.45) is 0 Å². The van der Waals surface area contributed by atoms with Gasteiger partial charge in [-0.15, -0.1) is 0 Å². The molecule has 0 unspecified atom stereocenters. The first kappa shape index (κ1) is 17.7. The Morgan fingerprint density at radius 2 is 1.70 bits per heavy atom. The summed E-state index contributed by atoms with van der Waals surface area (Å²) in [7, 11) is 0. The van der Waals surface area contributed by atoms with Crippen LogP contribution < -0.4 is 10.2 Å². The summed E-state index contributed by atoms with van der Waals surface area (Å²) < 4.78 is 0. The van der Waals surface area contributed by atoms with Gasteiger partial charge in [0, 0.05) is 30.2 Å². The minimum Gasteiger partial charge on any atom is -0.385 e. The third-order valence-corrected chi connectivity index (χ3v) is 5.52. The standard InChI is InChI=1S/C25H28N2/c1-5-26-21-9-11-23-20(15-21)14-19-8-10-22(16-24(19)23)27(6-2)25-12-7-17(3)13-18(25)4/h7-13,15-16,26H,5-6,14H2,1-4H3. The fourth-order valence-corrected chi connectivity index (χ4v) is 4.26. The third kappa shape index (κ3) is 3.21. The van der Waals surface area contributed by atoms with Crippen LogP contribution in [0.3, 0.4) is 0 Å². The molecule has 3 aromatic rings. The maximum Gasteiger partial charge on any atom is 0.0440 e. The molecule has 2 nitrogen and oxygen atoms in total. The van der Waals surface area contributed by atoms with Gasteiger partial charge in [0.15, 0.2) is 0 Å². The number of hydrogen-bond acceptors (Lipinski definition) is 2. The van der Waals surface area contributed by atoms with Crippen LogP contribution in [0.4, 0.5) is 17.1 Å². The van der Waals surface area contributed by atoms with E-state index in [1.165, 1.54) is 50.4 Å². The van der Waals surface area contributed by atoms with Crippen molar-refractivity contribution in [2.75, 3.05) is 23.3 Å². The van der Waals surface area contributed by atoms with Gasteiger partial charge in [0.2, 0.25) is 0 Å². The minimum atomic E-state index is 0.953. The zero-order valence-electron chi connectivity index (χ0n) is 16.8. The fraction of sp³-hybridized carbons (Fsp3) is 0.280. The van der Waals surface area contributed by atoms with Crippen molar-refractivity contribution in [3.63, 3.8) is 0 Å². The van der Waals surface area contributed by atoms with Crippen LogP contribution in [0.15, 0.2) is 54.6 Å². The van der Waals surface area contributed by atoms with E-state index in [-0.39, 0.29) is 0 Å². The van der Waals surface area contributed by atoms with E-state index < -0.39 is 0 Å². The molecule has 0 fully saturated rings. The maximum atomic E-state index is 3.43. The lowest BCUT2D eigenvalue weighted by atomic mass is 10.0. The molecule has 3 aromatic carbocycles. The van der Waals surface area contributed by atoms with E-state index in [2.05, 4.69) is 92.5 Å². The predicted molar refractivity (Wildman–Crippen MR) is 117 cm³/mol. The number of aryl methyl sites for hydroxylation is 2. The number of nitrogens with one attached hydrogen (secondary N) is 1. The van der Waals surface area contributed by atoms with E-state index in [4.69, 9.17) is 0 Å². The summed E-state index contributed by atoms with van der Waals surface area (Å²) >= 11 is 0. The Labute approximate surface area is 162 Å². The lowest BCUT2D eigenvalue weighted by molar-refractivity contribution is 1.01. The van der Waals surface area contributed by atoms with Crippen molar-refractivity contribution in [2.45, 2.75) is 34.1 Å². The monoisotopic (exact) mass is 356 g/mol. The van der Waals surface area contributed by atoms with Crippen molar-refractivity contribution >= 4 is 17.1 Å². The first-order valence-electron chi connectivity index (χ1n) is 9.95. The topological polar surface area (TPSA) is 15.3 Å². The fourth-order valence-electron chi connectivity index (χ4n) is 4.26. The number of rotatable bonds is 5. The molecule has 138 valence electrons. The van der Waals surface area contributed by atoms with Crippen molar-refractivity contribution in [3.8, 4) is 11.1 Å². The average Bonchev–Trinajstić information content (AvgIpc) is 3.01. The summed E-state index contributed by atoms with van der Waals surface area (Å²) in [5, 5.41) is 3.43. The smallest absolute Gasteiger partial charge is 0.0440 e. The molecule has 4 rings (SSSR count). The second-order valence-electron chi connectivity index (χ2n) is 7.45. The van der Waals surface area contributed by atoms with Crippen LogP contribution in [0.2, 0.25) is 0 Å². The summed E-state index contributed by atoms with van der Waals surface area (Å²) in [5.41, 5.74) is 12.0. The number of hydrogen-bond donors (Lipinski definition) is 1. The Balaban J connectivity index is 1.74. The summed E-state index contributed by atoms with van der Waals surface area (Å²) in [6, 6.07) is 20.5. The highest BCUT2D eigenvalue weighted by Gasteiger charge is 2.20. The second kappa shape index (κ2) is 7.11. The quantitative estimate of drug-likeness (QED) is 0.441. The predicted octanol–water partition coefficient (Wildman–Crippen LogP) is 6.46. The van der Waals surface area contributed by atoms with Gasteiger partial charge in [-0.3, -0.25) is 0 Å². The first-order chi connectivity index (χ1) is 13.1. The van der Waals surface area contributed by atoms with E-state index >= 15 is 0 Å². The van der Waals surface area contributed by atoms with Crippen molar-refractivity contribution < 1.29 is 0 Å². The number of fused-ring (bicyclic) bond motifs is 3. The molecule has 1 aliphatic rings. The largest absolute Gasteiger partial charge is 0.385 e. The van der Waals surface area contributed by atoms with Crippen LogP contribution in [0.1, 0.15) is 36.1 Å². The van der Waals surface area contributed by atoms with Crippen molar-refractivity contribution in [1.29, 1.82) is 0 Å². The zero-order chi connectivity index (χ0) is 19.0. The molecule has 0 heterocycles. The Hall–Kier alpha value is -2.74. The van der Waals surface area contributed by atoms with Gasteiger partial charge in [-0.05, 0) is 92.3 Å². The Bertz CT molecular complexity index is 988. The molecule has 1 N–H and O–H groups in total. The van der Waals surface area contributed by atoms with E-state index in [1.807, 2.05) is 0 Å². The molecular weight excluding hydrogens is 328 g/mol. The van der Waals surface area contributed by atoms with E-state index in [1.54, 1.807) is 0 Å². The average molecular weight is 357 g/mol. The molecule has 0 spiro atoms. The lowest BCUT2D eigenvalue weighted by Crippen LogP contribution is -2.17. The highest BCUT2D eigenvalue weighted by atomic mass is 15.1. The summed E-state index contributed by atoms with van der Waals surface area (Å²) in [6.45, 7) is 10.6. The Kier molecular flexibility index (Phi) is 4.65. The highest BCUT2D eigenvalue weighted by Crippen LogP contribution is 2.41. The summed E-state index contributed by atoms with van der Waals surface area (Å²) in [4.78, 5) is 2.42. The van der Waals surface area contributed by atoms with Gasteiger partial charge in [0.25, 0.3) is 0 Å². The van der Waals surface area contributed by atoms with Gasteiger partial charge < -0.3 is 10.2 Å². The molecule has 0 amide bonds. The normalized spacial score (nSPS) is 11.9. The van der Waals surface area contributed by atoms with E-state index in [0.717, 1.165) is 19.5 Å². The first-order valence-corrected chi connectivity index (χ1v) is 9.95. The van der Waals surface area contributed by atoms with Gasteiger partial charge in [-0.25, -0.2) is 0 Å². The zero-order valence-corrected chi connectivity index (χ0v) is 16.8. The molecule has 0 saturated heterocycles. The van der Waals surface area contributed by atoms with Gasteiger partial charge in [-0.2, -0.15) is 0 Å². The molecule has 0 saturated carbocycles. The minimum absolute atomic E-state index is 0.953. The Morgan fingerprint density at radius 3 is 2.44 bits per heavy atom. The number of benzene rings is 3. The van der Waals surface area contributed by atoms with Crippen LogP contribution >= 0.6 is 0 Å². The molecule has 27 heavy (non-hydrogen) atoms. The van der Waals surface area contributed by atoms with Crippen LogP contribution in [0, 0.1) is 13.8 Å². The van der Waals surface area contributed by atoms with Crippen molar-refractivity contribution in [1.82, 2.24) is 0 Å². The van der Waals surface area contributed by atoms with Gasteiger partial charge in [-0.1, -0.05) is 29.8 Å². The molecular formula is C25H28N2. The summed E-state index contributed by atoms with van der Waals surface area (Å²) in [6.07, 6.45) is 1.03. The van der Waals surface area contributed by atoms with E-state index in [9.17, 15) is 0 Å². The van der Waals surface area contributed by atoms with Gasteiger partial charge in [0.05, 0.1) is 0 Å². The lowest BCUT2D eigenvalue weighted by Gasteiger charge is -2.26. The third-order valence-electron chi connectivity index (χ3n) is 5.52. The number of anilines is 3. The molecule has 0 aliphatic heterocycles. The summed E-state index contributed by atoms with van der Waals surface area (Å²) in [5.74, 6) is 0. The molecule has 0 atom stereocenters. The SMILES string of the molecule is CCNc1ccc2c(c1)Cc1ccc(N(CC)c3ccc(C)cc3C)cc1-2.